The summed E-state index contributed by atoms with van der Waals surface area (Å²) in [5.41, 5.74) is -1.04. The first-order chi connectivity index (χ1) is 12.8. The number of aliphatic hydroxyl groups excluding tert-OH is 1. The van der Waals surface area contributed by atoms with Gasteiger partial charge in [0.05, 0.1) is 23.0 Å². The molecule has 0 saturated carbocycles. The second-order valence-corrected chi connectivity index (χ2v) is 7.08. The minimum atomic E-state index is -4.09. The highest BCUT2D eigenvalue weighted by Gasteiger charge is 2.27. The van der Waals surface area contributed by atoms with Gasteiger partial charge in [0.2, 0.25) is 0 Å². The molecular formula is C14H14N4O8S. The molecule has 13 heteroatoms. The molecular weight excluding hydrogens is 384 g/mol. The van der Waals surface area contributed by atoms with Crippen molar-refractivity contribution in [1.29, 1.82) is 0 Å². The first-order valence-electron chi connectivity index (χ1n) is 7.54. The molecule has 1 aliphatic rings. The summed E-state index contributed by atoms with van der Waals surface area (Å²) in [4.78, 5) is 25.5. The predicted octanol–water partition coefficient (Wildman–Crippen LogP) is -0.184. The predicted molar refractivity (Wildman–Crippen MR) is 89.3 cm³/mol. The van der Waals surface area contributed by atoms with Crippen LogP contribution in [0.15, 0.2) is 46.2 Å². The number of aromatic nitrogens is 2. The molecule has 1 saturated heterocycles. The Morgan fingerprint density at radius 1 is 1.33 bits per heavy atom. The molecule has 0 bridgehead atoms. The van der Waals surface area contributed by atoms with Gasteiger partial charge in [0.25, 0.3) is 15.7 Å². The lowest BCUT2D eigenvalue weighted by molar-refractivity contribution is -0.384. The van der Waals surface area contributed by atoms with E-state index in [1.54, 1.807) is 0 Å². The molecule has 0 spiro atoms. The highest BCUT2D eigenvalue weighted by molar-refractivity contribution is 7.92. The van der Waals surface area contributed by atoms with Crippen molar-refractivity contribution >= 4 is 21.5 Å². The lowest BCUT2D eigenvalue weighted by atomic mass is 10.3. The van der Waals surface area contributed by atoms with Gasteiger partial charge in [-0.3, -0.25) is 19.4 Å². The molecule has 3 rings (SSSR count). The molecule has 1 fully saturated rings. The number of sulfonamides is 1. The minimum Gasteiger partial charge on any atom is -0.391 e. The molecule has 0 unspecified atom stereocenters. The number of hydrogen-bond acceptors (Lipinski definition) is 9. The largest absolute Gasteiger partial charge is 0.391 e. The Hall–Kier alpha value is -2.87. The van der Waals surface area contributed by atoms with Crippen LogP contribution in [0.4, 0.5) is 11.5 Å². The molecule has 12 nitrogen and oxygen atoms in total. The molecule has 1 aromatic heterocycles. The monoisotopic (exact) mass is 398 g/mol. The molecule has 2 heterocycles. The maximum atomic E-state index is 12.3. The van der Waals surface area contributed by atoms with Crippen LogP contribution in [0.1, 0.15) is 6.23 Å². The molecule has 0 radical (unpaired) electrons. The number of nitrogens with one attached hydrogen (secondary N) is 1. The maximum Gasteiger partial charge on any atom is 0.351 e. The Morgan fingerprint density at radius 2 is 2.04 bits per heavy atom. The van der Waals surface area contributed by atoms with E-state index >= 15 is 0 Å². The van der Waals surface area contributed by atoms with Crippen LogP contribution < -0.4 is 10.4 Å². The highest BCUT2D eigenvalue weighted by Crippen LogP contribution is 2.20. The fourth-order valence-electron chi connectivity index (χ4n) is 2.32. The highest BCUT2D eigenvalue weighted by atomic mass is 32.2. The summed E-state index contributed by atoms with van der Waals surface area (Å²) in [6, 6.07) is 5.49. The standard InChI is InChI=1S/C14H14N4O8S/c19-7-13-25-8-12(26-13)17-6-5-11(15-14(17)20)16-27(23,24)10-3-1-9(2-4-10)18(21)22/h1-6,12-13,19H,7-8H2,(H,15,16,20)/t12-,13-/m0/s1. The third-order valence-corrected chi connectivity index (χ3v) is 4.99. The summed E-state index contributed by atoms with van der Waals surface area (Å²) >= 11 is 0. The lowest BCUT2D eigenvalue weighted by Gasteiger charge is -2.13. The lowest BCUT2D eigenvalue weighted by Crippen LogP contribution is -2.29. The van der Waals surface area contributed by atoms with Crippen LogP contribution in [-0.2, 0) is 19.5 Å². The van der Waals surface area contributed by atoms with E-state index in [4.69, 9.17) is 14.6 Å². The second kappa shape index (κ2) is 7.40. The number of hydrogen-bond donors (Lipinski definition) is 2. The van der Waals surface area contributed by atoms with Crippen LogP contribution in [0.2, 0.25) is 0 Å². The molecule has 0 aliphatic carbocycles. The van der Waals surface area contributed by atoms with E-state index in [0.717, 1.165) is 28.8 Å². The number of anilines is 1. The van der Waals surface area contributed by atoms with Gasteiger partial charge in [0, 0.05) is 18.3 Å². The number of benzene rings is 1. The molecule has 2 atom stereocenters. The topological polar surface area (TPSA) is 163 Å². The van der Waals surface area contributed by atoms with Crippen molar-refractivity contribution < 1.29 is 27.9 Å². The number of nitro groups is 1. The SMILES string of the molecule is O=c1nc(NS(=O)(=O)c2ccc([N+](=O)[O-])cc2)ccn1[C@@H]1CO[C@H](CO)O1. The Bertz CT molecular complexity index is 1000. The normalized spacial score (nSPS) is 19.7. The third-order valence-electron chi connectivity index (χ3n) is 3.62. The van der Waals surface area contributed by atoms with Crippen molar-refractivity contribution in [1.82, 2.24) is 9.55 Å². The second-order valence-electron chi connectivity index (χ2n) is 5.40. The van der Waals surface area contributed by atoms with Gasteiger partial charge in [-0.25, -0.2) is 13.2 Å². The number of non-ortho nitro benzene ring substituents is 1. The van der Waals surface area contributed by atoms with Gasteiger partial charge in [0.15, 0.2) is 12.5 Å². The minimum absolute atomic E-state index is 0.0285. The number of aliphatic hydroxyl groups is 1. The van der Waals surface area contributed by atoms with Crippen LogP contribution in [0.5, 0.6) is 0 Å². The van der Waals surface area contributed by atoms with Gasteiger partial charge >= 0.3 is 5.69 Å². The summed E-state index contributed by atoms with van der Waals surface area (Å²) < 4.78 is 38.2. The van der Waals surface area contributed by atoms with Gasteiger partial charge in [-0.1, -0.05) is 0 Å². The van der Waals surface area contributed by atoms with Gasteiger partial charge in [-0.15, -0.1) is 0 Å². The Kier molecular flexibility index (Phi) is 5.18. The van der Waals surface area contributed by atoms with Crippen molar-refractivity contribution in [3.05, 3.63) is 57.1 Å². The van der Waals surface area contributed by atoms with Gasteiger partial charge in [-0.05, 0) is 18.2 Å². The van der Waals surface area contributed by atoms with Gasteiger partial charge < -0.3 is 14.6 Å². The van der Waals surface area contributed by atoms with Crippen LogP contribution in [0.3, 0.4) is 0 Å². The molecule has 144 valence electrons. The third kappa shape index (κ3) is 4.11. The average molecular weight is 398 g/mol. The molecule has 27 heavy (non-hydrogen) atoms. The number of nitro benzene ring substituents is 1. The van der Waals surface area contributed by atoms with E-state index in [2.05, 4.69) is 9.71 Å². The summed E-state index contributed by atoms with van der Waals surface area (Å²) in [5.74, 6) is -0.229. The van der Waals surface area contributed by atoms with Crippen LogP contribution in [0, 0.1) is 10.1 Å². The number of nitrogens with zero attached hydrogens (tertiary/aromatic N) is 3. The van der Waals surface area contributed by atoms with Crippen molar-refractivity contribution in [3.8, 4) is 0 Å². The van der Waals surface area contributed by atoms with Gasteiger partial charge in [0.1, 0.15) is 5.82 Å². The quantitative estimate of drug-likeness (QED) is 0.496. The average Bonchev–Trinajstić information content (AvgIpc) is 3.10. The fourth-order valence-corrected chi connectivity index (χ4v) is 3.32. The Labute approximate surface area is 152 Å². The van der Waals surface area contributed by atoms with E-state index in [1.807, 2.05) is 0 Å². The van der Waals surface area contributed by atoms with Crippen molar-refractivity contribution in [3.63, 3.8) is 0 Å². The van der Waals surface area contributed by atoms with Crippen LogP contribution in [0.25, 0.3) is 0 Å². The summed E-state index contributed by atoms with van der Waals surface area (Å²) in [5, 5.41) is 19.6. The molecule has 1 aromatic carbocycles. The van der Waals surface area contributed by atoms with E-state index in [-0.39, 0.29) is 29.6 Å². The van der Waals surface area contributed by atoms with Crippen LogP contribution >= 0.6 is 0 Å². The number of rotatable bonds is 6. The Balaban J connectivity index is 1.78. The zero-order valence-electron chi connectivity index (χ0n) is 13.6. The Morgan fingerprint density at radius 3 is 2.59 bits per heavy atom. The number of ether oxygens (including phenoxy) is 2. The summed E-state index contributed by atoms with van der Waals surface area (Å²) in [6.45, 7) is -0.341. The zero-order chi connectivity index (χ0) is 19.6. The summed E-state index contributed by atoms with van der Waals surface area (Å²) in [7, 11) is -4.09. The first kappa shape index (κ1) is 18.9. The smallest absolute Gasteiger partial charge is 0.351 e. The van der Waals surface area contributed by atoms with Crippen molar-refractivity contribution in [2.24, 2.45) is 0 Å². The summed E-state index contributed by atoms with van der Waals surface area (Å²) in [6.07, 6.45) is -0.360. The van der Waals surface area contributed by atoms with Crippen molar-refractivity contribution in [2.75, 3.05) is 17.9 Å². The molecule has 1 aliphatic heterocycles. The zero-order valence-corrected chi connectivity index (χ0v) is 14.4. The van der Waals surface area contributed by atoms with E-state index in [1.165, 1.54) is 12.3 Å². The first-order valence-corrected chi connectivity index (χ1v) is 9.03. The van der Waals surface area contributed by atoms with E-state index in [0.29, 0.717) is 0 Å². The van der Waals surface area contributed by atoms with E-state index in [9.17, 15) is 23.3 Å². The molecule has 0 amide bonds. The van der Waals surface area contributed by atoms with Crippen molar-refractivity contribution in [2.45, 2.75) is 17.4 Å². The van der Waals surface area contributed by atoms with Crippen LogP contribution in [-0.4, -0.2) is 47.5 Å². The fraction of sp³-hybridized carbons (Fsp3) is 0.286. The molecule has 2 aromatic rings. The molecule has 2 N–H and O–H groups in total. The van der Waals surface area contributed by atoms with E-state index < -0.39 is 33.2 Å². The maximum absolute atomic E-state index is 12.3. The van der Waals surface area contributed by atoms with Gasteiger partial charge in [-0.2, -0.15) is 4.98 Å².